The van der Waals surface area contributed by atoms with E-state index in [4.69, 9.17) is 4.74 Å². The average molecular weight is 268 g/mol. The maximum atomic E-state index is 12.1. The van der Waals surface area contributed by atoms with Gasteiger partial charge in [-0.05, 0) is 0 Å². The van der Waals surface area contributed by atoms with Gasteiger partial charge >= 0.3 is 5.69 Å². The van der Waals surface area contributed by atoms with Gasteiger partial charge in [-0.2, -0.15) is 5.10 Å². The molecule has 0 N–H and O–H groups in total. The van der Waals surface area contributed by atoms with Crippen molar-refractivity contribution in [1.29, 1.82) is 0 Å². The Hall–Kier alpha value is -1.96. The van der Waals surface area contributed by atoms with Crippen LogP contribution in [0, 0.1) is 16.0 Å². The second kappa shape index (κ2) is 5.79. The van der Waals surface area contributed by atoms with Gasteiger partial charge in [-0.25, -0.2) is 0 Å². The van der Waals surface area contributed by atoms with Crippen LogP contribution in [0.5, 0.6) is 0 Å². The van der Waals surface area contributed by atoms with Gasteiger partial charge in [0, 0.05) is 13.1 Å². The fourth-order valence-corrected chi connectivity index (χ4v) is 2.00. The third-order valence-electron chi connectivity index (χ3n) is 3.04. The highest BCUT2D eigenvalue weighted by molar-refractivity contribution is 5.78. The van der Waals surface area contributed by atoms with E-state index in [-0.39, 0.29) is 17.5 Å². The number of amides is 1. The number of carbonyl (C=O) groups excluding carboxylic acids is 1. The molecule has 1 aliphatic heterocycles. The Labute approximate surface area is 110 Å². The first-order valence-corrected chi connectivity index (χ1v) is 6.11. The van der Waals surface area contributed by atoms with Gasteiger partial charge in [0.1, 0.15) is 12.4 Å². The van der Waals surface area contributed by atoms with Crippen LogP contribution in [0.4, 0.5) is 5.69 Å². The number of nitrogens with zero attached hydrogens (tertiary/aromatic N) is 4. The molecule has 0 saturated carbocycles. The zero-order valence-electron chi connectivity index (χ0n) is 10.7. The molecule has 8 heteroatoms. The predicted molar refractivity (Wildman–Crippen MR) is 65.4 cm³/mol. The summed E-state index contributed by atoms with van der Waals surface area (Å²) >= 11 is 0. The number of hydrogen-bond acceptors (Lipinski definition) is 5. The number of nitro groups is 1. The van der Waals surface area contributed by atoms with Gasteiger partial charge in [0.05, 0.1) is 30.6 Å². The highest BCUT2D eigenvalue weighted by Gasteiger charge is 2.23. The molecular weight excluding hydrogens is 252 g/mol. The SMILES string of the molecule is C[C@H](Cn1cc([N+](=O)[O-])cn1)C(=O)N1CCOCC1. The zero-order valence-corrected chi connectivity index (χ0v) is 10.7. The largest absolute Gasteiger partial charge is 0.378 e. The molecule has 1 aromatic rings. The van der Waals surface area contributed by atoms with E-state index in [0.717, 1.165) is 0 Å². The molecule has 0 bridgehead atoms. The summed E-state index contributed by atoms with van der Waals surface area (Å²) in [5, 5.41) is 14.4. The van der Waals surface area contributed by atoms with E-state index in [2.05, 4.69) is 5.10 Å². The van der Waals surface area contributed by atoms with Crippen LogP contribution in [-0.2, 0) is 16.1 Å². The molecule has 19 heavy (non-hydrogen) atoms. The highest BCUT2D eigenvalue weighted by Crippen LogP contribution is 2.12. The number of aromatic nitrogens is 2. The molecule has 0 aromatic carbocycles. The van der Waals surface area contributed by atoms with Crippen molar-refractivity contribution >= 4 is 11.6 Å². The molecule has 0 aliphatic carbocycles. The minimum absolute atomic E-state index is 0.0291. The Kier molecular flexibility index (Phi) is 4.10. The van der Waals surface area contributed by atoms with Crippen molar-refractivity contribution in [2.45, 2.75) is 13.5 Å². The van der Waals surface area contributed by atoms with Crippen molar-refractivity contribution in [1.82, 2.24) is 14.7 Å². The Morgan fingerprint density at radius 2 is 2.26 bits per heavy atom. The molecule has 1 fully saturated rings. The third-order valence-corrected chi connectivity index (χ3v) is 3.04. The second-order valence-electron chi connectivity index (χ2n) is 4.52. The van der Waals surface area contributed by atoms with E-state index in [9.17, 15) is 14.9 Å². The Morgan fingerprint density at radius 1 is 1.58 bits per heavy atom. The van der Waals surface area contributed by atoms with Gasteiger partial charge in [0.2, 0.25) is 5.91 Å². The van der Waals surface area contributed by atoms with E-state index >= 15 is 0 Å². The van der Waals surface area contributed by atoms with Gasteiger partial charge in [-0.3, -0.25) is 19.6 Å². The van der Waals surface area contributed by atoms with E-state index < -0.39 is 4.92 Å². The minimum atomic E-state index is -0.502. The summed E-state index contributed by atoms with van der Waals surface area (Å²) in [5.41, 5.74) is -0.0639. The van der Waals surface area contributed by atoms with Gasteiger partial charge in [-0.1, -0.05) is 6.92 Å². The second-order valence-corrected chi connectivity index (χ2v) is 4.52. The quantitative estimate of drug-likeness (QED) is 0.578. The van der Waals surface area contributed by atoms with E-state index in [1.807, 2.05) is 0 Å². The lowest BCUT2D eigenvalue weighted by Gasteiger charge is -2.29. The number of morpholine rings is 1. The topological polar surface area (TPSA) is 90.5 Å². The number of ether oxygens (including phenoxy) is 1. The van der Waals surface area contributed by atoms with E-state index in [1.165, 1.54) is 17.1 Å². The molecule has 0 unspecified atom stereocenters. The van der Waals surface area contributed by atoms with Crippen molar-refractivity contribution in [3.05, 3.63) is 22.5 Å². The summed E-state index contributed by atoms with van der Waals surface area (Å²) in [5.74, 6) is -0.237. The molecule has 0 radical (unpaired) electrons. The average Bonchev–Trinajstić information content (AvgIpc) is 2.87. The monoisotopic (exact) mass is 268 g/mol. The van der Waals surface area contributed by atoms with Crippen LogP contribution in [0.1, 0.15) is 6.92 Å². The van der Waals surface area contributed by atoms with Crippen LogP contribution >= 0.6 is 0 Å². The summed E-state index contributed by atoms with van der Waals surface area (Å²) < 4.78 is 6.62. The van der Waals surface area contributed by atoms with Crippen molar-refractivity contribution in [2.75, 3.05) is 26.3 Å². The summed E-state index contributed by atoms with van der Waals surface area (Å²) in [4.78, 5) is 23.9. The standard InChI is InChI=1S/C11H16N4O4/c1-9(11(16)13-2-4-19-5-3-13)7-14-8-10(6-12-14)15(17)18/h6,8-9H,2-5,7H2,1H3/t9-/m1/s1. The summed E-state index contributed by atoms with van der Waals surface area (Å²) in [6.45, 7) is 4.46. The number of carbonyl (C=O) groups is 1. The first kappa shape index (κ1) is 13.5. The molecule has 2 rings (SSSR count). The molecule has 2 heterocycles. The first-order valence-electron chi connectivity index (χ1n) is 6.11. The van der Waals surface area contributed by atoms with Gasteiger partial charge in [-0.15, -0.1) is 0 Å². The lowest BCUT2D eigenvalue weighted by Crippen LogP contribution is -2.44. The molecule has 1 amide bonds. The summed E-state index contributed by atoms with van der Waals surface area (Å²) in [7, 11) is 0. The Morgan fingerprint density at radius 3 is 2.84 bits per heavy atom. The van der Waals surface area contributed by atoms with Crippen LogP contribution in [0.3, 0.4) is 0 Å². The van der Waals surface area contributed by atoms with Crippen LogP contribution in [0.25, 0.3) is 0 Å². The molecule has 1 saturated heterocycles. The molecule has 1 aromatic heterocycles. The highest BCUT2D eigenvalue weighted by atomic mass is 16.6. The number of hydrogen-bond donors (Lipinski definition) is 0. The molecule has 0 spiro atoms. The molecule has 1 aliphatic rings. The van der Waals surface area contributed by atoms with Crippen molar-refractivity contribution < 1.29 is 14.5 Å². The van der Waals surface area contributed by atoms with Crippen molar-refractivity contribution in [3.8, 4) is 0 Å². The lowest BCUT2D eigenvalue weighted by atomic mass is 10.1. The van der Waals surface area contributed by atoms with E-state index in [0.29, 0.717) is 32.8 Å². The van der Waals surface area contributed by atoms with Crippen LogP contribution in [0.2, 0.25) is 0 Å². The van der Waals surface area contributed by atoms with E-state index in [1.54, 1.807) is 11.8 Å². The van der Waals surface area contributed by atoms with Crippen molar-refractivity contribution in [3.63, 3.8) is 0 Å². The van der Waals surface area contributed by atoms with Crippen LogP contribution in [-0.4, -0.2) is 51.8 Å². The minimum Gasteiger partial charge on any atom is -0.378 e. The first-order chi connectivity index (χ1) is 9.08. The molecular formula is C11H16N4O4. The fourth-order valence-electron chi connectivity index (χ4n) is 2.00. The molecule has 8 nitrogen and oxygen atoms in total. The van der Waals surface area contributed by atoms with Gasteiger partial charge < -0.3 is 9.64 Å². The lowest BCUT2D eigenvalue weighted by molar-refractivity contribution is -0.385. The number of rotatable bonds is 4. The Bertz CT molecular complexity index is 467. The maximum absolute atomic E-state index is 12.1. The molecule has 1 atom stereocenters. The normalized spacial score (nSPS) is 17.2. The smallest absolute Gasteiger partial charge is 0.306 e. The third kappa shape index (κ3) is 3.28. The summed E-state index contributed by atoms with van der Waals surface area (Å²) in [6.07, 6.45) is 2.52. The molecule has 104 valence electrons. The summed E-state index contributed by atoms with van der Waals surface area (Å²) in [6, 6.07) is 0. The van der Waals surface area contributed by atoms with Gasteiger partial charge in [0.25, 0.3) is 0 Å². The van der Waals surface area contributed by atoms with Gasteiger partial charge in [0.15, 0.2) is 0 Å². The Balaban J connectivity index is 1.93. The predicted octanol–water partition coefficient (Wildman–Crippen LogP) is 0.286. The zero-order chi connectivity index (χ0) is 13.8. The fraction of sp³-hybridized carbons (Fsp3) is 0.636. The maximum Gasteiger partial charge on any atom is 0.306 e. The van der Waals surface area contributed by atoms with Crippen molar-refractivity contribution in [2.24, 2.45) is 5.92 Å². The van der Waals surface area contributed by atoms with Crippen LogP contribution < -0.4 is 0 Å². The van der Waals surface area contributed by atoms with Crippen LogP contribution in [0.15, 0.2) is 12.4 Å².